The Kier molecular flexibility index (Phi) is 3.58. The Hall–Kier alpha value is -2.67. The lowest BCUT2D eigenvalue weighted by molar-refractivity contribution is 0.101. The van der Waals surface area contributed by atoms with Crippen molar-refractivity contribution in [2.45, 2.75) is 13.8 Å². The second kappa shape index (κ2) is 5.32. The number of hydrogen-bond donors (Lipinski definition) is 0. The van der Waals surface area contributed by atoms with Crippen LogP contribution in [0.15, 0.2) is 36.5 Å². The fraction of sp³-hybridized carbons (Fsp3) is 0.133. The SMILES string of the molecule is CC(=O)c1cccnc1Oc1cc(C#N)ccc1C. The highest BCUT2D eigenvalue weighted by molar-refractivity contribution is 5.96. The molecule has 0 aliphatic carbocycles. The summed E-state index contributed by atoms with van der Waals surface area (Å²) in [5.41, 5.74) is 1.80. The molecule has 0 saturated heterocycles. The van der Waals surface area contributed by atoms with Gasteiger partial charge in [0.2, 0.25) is 5.88 Å². The molecule has 0 radical (unpaired) electrons. The molecule has 94 valence electrons. The highest BCUT2D eigenvalue weighted by Crippen LogP contribution is 2.27. The van der Waals surface area contributed by atoms with Crippen molar-refractivity contribution in [2.75, 3.05) is 0 Å². The molecule has 1 heterocycles. The number of Topliss-reactive ketones (excluding diaryl/α,β-unsaturated/α-hetero) is 1. The maximum absolute atomic E-state index is 11.5. The van der Waals surface area contributed by atoms with Crippen molar-refractivity contribution in [2.24, 2.45) is 0 Å². The van der Waals surface area contributed by atoms with Crippen LogP contribution in [-0.2, 0) is 0 Å². The number of aromatic nitrogens is 1. The van der Waals surface area contributed by atoms with Crippen LogP contribution in [0.1, 0.15) is 28.4 Å². The minimum absolute atomic E-state index is 0.114. The number of ketones is 1. The minimum Gasteiger partial charge on any atom is -0.438 e. The zero-order chi connectivity index (χ0) is 13.8. The first-order valence-corrected chi connectivity index (χ1v) is 5.76. The molecule has 2 aromatic rings. The van der Waals surface area contributed by atoms with E-state index in [1.54, 1.807) is 36.5 Å². The quantitative estimate of drug-likeness (QED) is 0.786. The molecule has 1 aromatic heterocycles. The number of ether oxygens (including phenoxy) is 1. The molecule has 0 fully saturated rings. The first kappa shape index (κ1) is 12.8. The predicted octanol–water partition coefficient (Wildman–Crippen LogP) is 3.26. The van der Waals surface area contributed by atoms with E-state index in [4.69, 9.17) is 10.00 Å². The molecule has 4 nitrogen and oxygen atoms in total. The van der Waals surface area contributed by atoms with Gasteiger partial charge in [0.25, 0.3) is 0 Å². The Balaban J connectivity index is 2.42. The fourth-order valence-electron chi connectivity index (χ4n) is 1.62. The Morgan fingerprint density at radius 2 is 2.16 bits per heavy atom. The molecule has 0 unspecified atom stereocenters. The van der Waals surface area contributed by atoms with Crippen LogP contribution in [0.3, 0.4) is 0 Å². The molecule has 0 N–H and O–H groups in total. The van der Waals surface area contributed by atoms with Crippen molar-refractivity contribution in [3.63, 3.8) is 0 Å². The summed E-state index contributed by atoms with van der Waals surface area (Å²) in [4.78, 5) is 15.6. The predicted molar refractivity (Wildman–Crippen MR) is 70.2 cm³/mol. The van der Waals surface area contributed by atoms with Crippen LogP contribution >= 0.6 is 0 Å². The molecule has 0 aliphatic heterocycles. The maximum Gasteiger partial charge on any atom is 0.230 e. The standard InChI is InChI=1S/C15H12N2O2/c1-10-5-6-12(9-16)8-14(10)19-15-13(11(2)18)4-3-7-17-15/h3-8H,1-2H3. The smallest absolute Gasteiger partial charge is 0.230 e. The summed E-state index contributed by atoms with van der Waals surface area (Å²) in [5.74, 6) is 0.672. The van der Waals surface area contributed by atoms with Crippen molar-refractivity contribution in [1.82, 2.24) is 4.98 Å². The van der Waals surface area contributed by atoms with Gasteiger partial charge in [-0.05, 0) is 43.7 Å². The van der Waals surface area contributed by atoms with Crippen LogP contribution < -0.4 is 4.74 Å². The summed E-state index contributed by atoms with van der Waals surface area (Å²) in [7, 11) is 0. The lowest BCUT2D eigenvalue weighted by atomic mass is 10.1. The minimum atomic E-state index is -0.114. The molecular weight excluding hydrogens is 240 g/mol. The van der Waals surface area contributed by atoms with Gasteiger partial charge in [-0.3, -0.25) is 4.79 Å². The number of benzene rings is 1. The molecule has 19 heavy (non-hydrogen) atoms. The van der Waals surface area contributed by atoms with E-state index >= 15 is 0 Å². The Morgan fingerprint density at radius 1 is 1.37 bits per heavy atom. The molecule has 0 atom stereocenters. The fourth-order valence-corrected chi connectivity index (χ4v) is 1.62. The third-order valence-corrected chi connectivity index (χ3v) is 2.67. The van der Waals surface area contributed by atoms with Gasteiger partial charge < -0.3 is 4.74 Å². The van der Waals surface area contributed by atoms with Gasteiger partial charge in [-0.2, -0.15) is 5.26 Å². The van der Waals surface area contributed by atoms with E-state index < -0.39 is 0 Å². The average molecular weight is 252 g/mol. The summed E-state index contributed by atoms with van der Waals surface area (Å²) in [6.45, 7) is 3.33. The molecule has 2 rings (SSSR count). The number of nitriles is 1. The van der Waals surface area contributed by atoms with Gasteiger partial charge in [0.05, 0.1) is 17.2 Å². The number of hydrogen-bond acceptors (Lipinski definition) is 4. The van der Waals surface area contributed by atoms with Crippen LogP contribution in [0.4, 0.5) is 0 Å². The van der Waals surface area contributed by atoms with Gasteiger partial charge in [-0.15, -0.1) is 0 Å². The van der Waals surface area contributed by atoms with E-state index in [2.05, 4.69) is 11.1 Å². The normalized spacial score (nSPS) is 9.74. The number of carbonyl (C=O) groups excluding carboxylic acids is 1. The maximum atomic E-state index is 11.5. The number of nitrogens with zero attached hydrogens (tertiary/aromatic N) is 2. The lowest BCUT2D eigenvalue weighted by Gasteiger charge is -2.10. The zero-order valence-electron chi connectivity index (χ0n) is 10.7. The van der Waals surface area contributed by atoms with Gasteiger partial charge in [-0.1, -0.05) is 6.07 Å². The van der Waals surface area contributed by atoms with Crippen LogP contribution in [0.2, 0.25) is 0 Å². The Bertz CT molecular complexity index is 672. The average Bonchev–Trinajstić information content (AvgIpc) is 2.41. The van der Waals surface area contributed by atoms with E-state index in [1.165, 1.54) is 6.92 Å². The van der Waals surface area contributed by atoms with Gasteiger partial charge in [0, 0.05) is 6.20 Å². The Labute approximate surface area is 111 Å². The highest BCUT2D eigenvalue weighted by atomic mass is 16.5. The van der Waals surface area contributed by atoms with Crippen LogP contribution in [0, 0.1) is 18.3 Å². The lowest BCUT2D eigenvalue weighted by Crippen LogP contribution is -2.00. The van der Waals surface area contributed by atoms with Crippen LogP contribution in [0.5, 0.6) is 11.6 Å². The van der Waals surface area contributed by atoms with Crippen molar-refractivity contribution in [3.8, 4) is 17.7 Å². The molecule has 0 aliphatic rings. The number of carbonyl (C=O) groups is 1. The van der Waals surface area contributed by atoms with E-state index in [0.717, 1.165) is 5.56 Å². The second-order valence-electron chi connectivity index (χ2n) is 4.11. The highest BCUT2D eigenvalue weighted by Gasteiger charge is 2.11. The molecule has 0 saturated carbocycles. The number of rotatable bonds is 3. The van der Waals surface area contributed by atoms with Gasteiger partial charge in [-0.25, -0.2) is 4.98 Å². The molecular formula is C15H12N2O2. The third-order valence-electron chi connectivity index (χ3n) is 2.67. The van der Waals surface area contributed by atoms with Crippen molar-refractivity contribution < 1.29 is 9.53 Å². The van der Waals surface area contributed by atoms with Gasteiger partial charge in [0.1, 0.15) is 5.75 Å². The zero-order valence-corrected chi connectivity index (χ0v) is 10.7. The van der Waals surface area contributed by atoms with E-state index in [1.807, 2.05) is 6.92 Å². The van der Waals surface area contributed by atoms with Crippen molar-refractivity contribution in [3.05, 3.63) is 53.2 Å². The number of pyridine rings is 1. The van der Waals surface area contributed by atoms with Crippen LogP contribution in [0.25, 0.3) is 0 Å². The topological polar surface area (TPSA) is 63.0 Å². The summed E-state index contributed by atoms with van der Waals surface area (Å²) in [6, 6.07) is 10.5. The third kappa shape index (κ3) is 2.78. The summed E-state index contributed by atoms with van der Waals surface area (Å²) < 4.78 is 5.66. The summed E-state index contributed by atoms with van der Waals surface area (Å²) in [6.07, 6.45) is 1.56. The molecule has 0 amide bonds. The van der Waals surface area contributed by atoms with Crippen molar-refractivity contribution in [1.29, 1.82) is 5.26 Å². The van der Waals surface area contributed by atoms with Gasteiger partial charge >= 0.3 is 0 Å². The number of aryl methyl sites for hydroxylation is 1. The molecule has 4 heteroatoms. The second-order valence-corrected chi connectivity index (χ2v) is 4.11. The van der Waals surface area contributed by atoms with Gasteiger partial charge in [0.15, 0.2) is 5.78 Å². The molecule has 0 spiro atoms. The first-order valence-electron chi connectivity index (χ1n) is 5.76. The van der Waals surface area contributed by atoms with Crippen LogP contribution in [-0.4, -0.2) is 10.8 Å². The largest absolute Gasteiger partial charge is 0.438 e. The first-order chi connectivity index (χ1) is 9.11. The summed E-state index contributed by atoms with van der Waals surface area (Å²) >= 11 is 0. The Morgan fingerprint density at radius 3 is 2.84 bits per heavy atom. The summed E-state index contributed by atoms with van der Waals surface area (Å²) in [5, 5.41) is 8.89. The molecule has 0 bridgehead atoms. The van der Waals surface area contributed by atoms with Crippen molar-refractivity contribution >= 4 is 5.78 Å². The van der Waals surface area contributed by atoms with E-state index in [0.29, 0.717) is 16.9 Å². The molecule has 1 aromatic carbocycles. The monoisotopic (exact) mass is 252 g/mol. The van der Waals surface area contributed by atoms with E-state index in [9.17, 15) is 4.79 Å². The van der Waals surface area contributed by atoms with E-state index in [-0.39, 0.29) is 11.7 Å².